The minimum absolute atomic E-state index is 0.349. The molecular weight excluding hydrogens is 322 g/mol. The fraction of sp³-hybridized carbons (Fsp3) is 0.263. The standard InChI is InChI=1S/C19H18F2N4/c20-16-1-3-18(21)15(9-16)12-24-5-7-25(8-6-24)17-2-4-19-14(10-17)11-22-13-23-19/h1-4,9-11,13H,5-8,12H2. The number of rotatable bonds is 3. The van der Waals surface area contributed by atoms with Crippen molar-refractivity contribution < 1.29 is 8.78 Å². The summed E-state index contributed by atoms with van der Waals surface area (Å²) in [5.74, 6) is -0.744. The van der Waals surface area contributed by atoms with E-state index < -0.39 is 5.82 Å². The number of halogens is 2. The van der Waals surface area contributed by atoms with Gasteiger partial charge >= 0.3 is 0 Å². The van der Waals surface area contributed by atoms with Gasteiger partial charge in [-0.2, -0.15) is 0 Å². The molecule has 0 saturated carbocycles. The van der Waals surface area contributed by atoms with Crippen LogP contribution in [0.25, 0.3) is 10.9 Å². The zero-order valence-electron chi connectivity index (χ0n) is 13.7. The average molecular weight is 340 g/mol. The Hall–Kier alpha value is -2.60. The number of aromatic nitrogens is 2. The lowest BCUT2D eigenvalue weighted by Crippen LogP contribution is -2.46. The Morgan fingerprint density at radius 1 is 0.960 bits per heavy atom. The van der Waals surface area contributed by atoms with Crippen molar-refractivity contribution in [1.82, 2.24) is 14.9 Å². The van der Waals surface area contributed by atoms with Crippen LogP contribution in [0.3, 0.4) is 0 Å². The Labute approximate surface area is 144 Å². The third kappa shape index (κ3) is 3.44. The zero-order valence-corrected chi connectivity index (χ0v) is 13.7. The number of hydrogen-bond acceptors (Lipinski definition) is 4. The molecular formula is C19H18F2N4. The molecule has 0 amide bonds. The minimum Gasteiger partial charge on any atom is -0.369 e. The van der Waals surface area contributed by atoms with Gasteiger partial charge in [-0.15, -0.1) is 0 Å². The lowest BCUT2D eigenvalue weighted by molar-refractivity contribution is 0.246. The molecule has 0 bridgehead atoms. The smallest absolute Gasteiger partial charge is 0.127 e. The summed E-state index contributed by atoms with van der Waals surface area (Å²) in [4.78, 5) is 12.8. The molecule has 128 valence electrons. The molecule has 0 spiro atoms. The molecule has 1 aliphatic rings. The van der Waals surface area contributed by atoms with Gasteiger partial charge in [-0.25, -0.2) is 18.7 Å². The Morgan fingerprint density at radius 3 is 2.64 bits per heavy atom. The lowest BCUT2D eigenvalue weighted by Gasteiger charge is -2.36. The summed E-state index contributed by atoms with van der Waals surface area (Å²) < 4.78 is 27.1. The quantitative estimate of drug-likeness (QED) is 0.733. The number of benzene rings is 2. The fourth-order valence-corrected chi connectivity index (χ4v) is 3.24. The largest absolute Gasteiger partial charge is 0.369 e. The third-order valence-corrected chi connectivity index (χ3v) is 4.63. The van der Waals surface area contributed by atoms with E-state index in [1.165, 1.54) is 12.1 Å². The van der Waals surface area contributed by atoms with E-state index in [9.17, 15) is 8.78 Å². The molecule has 1 aromatic heterocycles. The zero-order chi connectivity index (χ0) is 17.2. The number of anilines is 1. The van der Waals surface area contributed by atoms with Crippen LogP contribution in [-0.4, -0.2) is 41.0 Å². The Balaban J connectivity index is 1.43. The van der Waals surface area contributed by atoms with Crippen molar-refractivity contribution in [2.45, 2.75) is 6.54 Å². The maximum Gasteiger partial charge on any atom is 0.127 e. The van der Waals surface area contributed by atoms with Crippen molar-refractivity contribution in [1.29, 1.82) is 0 Å². The summed E-state index contributed by atoms with van der Waals surface area (Å²) in [5.41, 5.74) is 2.48. The molecule has 0 atom stereocenters. The highest BCUT2D eigenvalue weighted by molar-refractivity contribution is 5.81. The minimum atomic E-state index is -0.395. The van der Waals surface area contributed by atoms with Gasteiger partial charge in [0.1, 0.15) is 18.0 Å². The van der Waals surface area contributed by atoms with Gasteiger partial charge in [0.2, 0.25) is 0 Å². The molecule has 1 aliphatic heterocycles. The van der Waals surface area contributed by atoms with E-state index in [2.05, 4.69) is 31.9 Å². The number of hydrogen-bond donors (Lipinski definition) is 0. The molecule has 1 fully saturated rings. The van der Waals surface area contributed by atoms with Crippen molar-refractivity contribution in [3.05, 3.63) is 66.1 Å². The first kappa shape index (κ1) is 15.9. The first-order valence-electron chi connectivity index (χ1n) is 8.30. The molecule has 1 saturated heterocycles. The van der Waals surface area contributed by atoms with Gasteiger partial charge in [0.05, 0.1) is 5.52 Å². The van der Waals surface area contributed by atoms with Crippen molar-refractivity contribution in [2.24, 2.45) is 0 Å². The monoisotopic (exact) mass is 340 g/mol. The van der Waals surface area contributed by atoms with Crippen LogP contribution in [0.5, 0.6) is 0 Å². The normalized spacial score (nSPS) is 15.7. The van der Waals surface area contributed by atoms with E-state index in [4.69, 9.17) is 0 Å². The molecule has 0 radical (unpaired) electrons. The second-order valence-corrected chi connectivity index (χ2v) is 6.26. The van der Waals surface area contributed by atoms with Crippen LogP contribution in [0.4, 0.5) is 14.5 Å². The van der Waals surface area contributed by atoms with Gasteiger partial charge < -0.3 is 4.90 Å². The predicted octanol–water partition coefficient (Wildman–Crippen LogP) is 3.23. The van der Waals surface area contributed by atoms with Crippen LogP contribution in [0, 0.1) is 11.6 Å². The first-order valence-corrected chi connectivity index (χ1v) is 8.30. The van der Waals surface area contributed by atoms with E-state index in [0.29, 0.717) is 12.1 Å². The van der Waals surface area contributed by atoms with Gasteiger partial charge in [-0.1, -0.05) is 0 Å². The molecule has 25 heavy (non-hydrogen) atoms. The van der Waals surface area contributed by atoms with Gasteiger partial charge in [0, 0.05) is 55.6 Å². The van der Waals surface area contributed by atoms with E-state index >= 15 is 0 Å². The maximum absolute atomic E-state index is 13.8. The molecule has 0 aliphatic carbocycles. The molecule has 2 aromatic carbocycles. The number of fused-ring (bicyclic) bond motifs is 1. The summed E-state index contributed by atoms with van der Waals surface area (Å²) in [6.45, 7) is 3.73. The van der Waals surface area contributed by atoms with Crippen molar-refractivity contribution >= 4 is 16.6 Å². The van der Waals surface area contributed by atoms with Gasteiger partial charge in [0.15, 0.2) is 0 Å². The summed E-state index contributed by atoms with van der Waals surface area (Å²) in [6.07, 6.45) is 3.36. The van der Waals surface area contributed by atoms with E-state index in [0.717, 1.165) is 48.8 Å². The van der Waals surface area contributed by atoms with E-state index in [1.54, 1.807) is 6.33 Å². The fourth-order valence-electron chi connectivity index (χ4n) is 3.24. The summed E-state index contributed by atoms with van der Waals surface area (Å²) in [7, 11) is 0. The summed E-state index contributed by atoms with van der Waals surface area (Å²) in [6, 6.07) is 9.79. The Bertz CT molecular complexity index is 891. The first-order chi connectivity index (χ1) is 12.2. The van der Waals surface area contributed by atoms with Crippen LogP contribution >= 0.6 is 0 Å². The molecule has 4 nitrogen and oxygen atoms in total. The average Bonchev–Trinajstić information content (AvgIpc) is 2.65. The van der Waals surface area contributed by atoms with Crippen LogP contribution in [0.2, 0.25) is 0 Å². The lowest BCUT2D eigenvalue weighted by atomic mass is 10.1. The van der Waals surface area contributed by atoms with E-state index in [1.807, 2.05) is 12.3 Å². The van der Waals surface area contributed by atoms with Crippen LogP contribution in [0.1, 0.15) is 5.56 Å². The molecule has 2 heterocycles. The van der Waals surface area contributed by atoms with Gasteiger partial charge in [-0.05, 0) is 36.4 Å². The van der Waals surface area contributed by atoms with Crippen LogP contribution < -0.4 is 4.90 Å². The molecule has 4 rings (SSSR count). The maximum atomic E-state index is 13.8. The highest BCUT2D eigenvalue weighted by atomic mass is 19.1. The molecule has 0 N–H and O–H groups in total. The Kier molecular flexibility index (Phi) is 4.28. The van der Waals surface area contributed by atoms with Crippen LogP contribution in [0.15, 0.2) is 48.9 Å². The Morgan fingerprint density at radius 2 is 1.80 bits per heavy atom. The topological polar surface area (TPSA) is 32.3 Å². The van der Waals surface area contributed by atoms with Gasteiger partial charge in [0.25, 0.3) is 0 Å². The SMILES string of the molecule is Fc1ccc(F)c(CN2CCN(c3ccc4ncncc4c3)CC2)c1. The highest BCUT2D eigenvalue weighted by Crippen LogP contribution is 2.22. The number of piperazine rings is 1. The van der Waals surface area contributed by atoms with Gasteiger partial charge in [-0.3, -0.25) is 4.90 Å². The summed E-state index contributed by atoms with van der Waals surface area (Å²) >= 11 is 0. The summed E-state index contributed by atoms with van der Waals surface area (Å²) in [5, 5.41) is 1.02. The van der Waals surface area contributed by atoms with Crippen LogP contribution in [-0.2, 0) is 6.54 Å². The van der Waals surface area contributed by atoms with Crippen molar-refractivity contribution in [3.8, 4) is 0 Å². The highest BCUT2D eigenvalue weighted by Gasteiger charge is 2.19. The predicted molar refractivity (Wildman–Crippen MR) is 93.4 cm³/mol. The second kappa shape index (κ2) is 6.72. The number of nitrogens with zero attached hydrogens (tertiary/aromatic N) is 4. The molecule has 3 aromatic rings. The third-order valence-electron chi connectivity index (χ3n) is 4.63. The molecule has 6 heteroatoms. The molecule has 0 unspecified atom stereocenters. The van der Waals surface area contributed by atoms with Crippen molar-refractivity contribution in [2.75, 3.05) is 31.1 Å². The second-order valence-electron chi connectivity index (χ2n) is 6.26. The van der Waals surface area contributed by atoms with E-state index in [-0.39, 0.29) is 5.82 Å². The van der Waals surface area contributed by atoms with Crippen molar-refractivity contribution in [3.63, 3.8) is 0 Å².